The second-order valence-corrected chi connectivity index (χ2v) is 4.52. The largest absolute Gasteiger partial charge is 0.336 e. The SMILES string of the molecule is CN(Cc1ccsc1)C(=O)c1ccc(NN)nn1. The van der Waals surface area contributed by atoms with Gasteiger partial charge in [0.2, 0.25) is 0 Å². The van der Waals surface area contributed by atoms with Gasteiger partial charge >= 0.3 is 0 Å². The van der Waals surface area contributed by atoms with E-state index in [1.807, 2.05) is 16.8 Å². The molecule has 94 valence electrons. The molecule has 0 aliphatic carbocycles. The van der Waals surface area contributed by atoms with E-state index in [4.69, 9.17) is 5.84 Å². The first-order valence-corrected chi connectivity index (χ1v) is 6.22. The maximum Gasteiger partial charge on any atom is 0.274 e. The Morgan fingerprint density at radius 2 is 2.28 bits per heavy atom. The lowest BCUT2D eigenvalue weighted by Crippen LogP contribution is -2.27. The third-order valence-corrected chi connectivity index (χ3v) is 3.11. The number of hydrazine groups is 1. The van der Waals surface area contributed by atoms with Gasteiger partial charge in [-0.2, -0.15) is 11.3 Å². The molecule has 0 atom stereocenters. The zero-order chi connectivity index (χ0) is 13.0. The van der Waals surface area contributed by atoms with Crippen LogP contribution < -0.4 is 11.3 Å². The molecule has 3 N–H and O–H groups in total. The van der Waals surface area contributed by atoms with E-state index in [0.717, 1.165) is 5.56 Å². The summed E-state index contributed by atoms with van der Waals surface area (Å²) in [5, 5.41) is 11.6. The zero-order valence-electron chi connectivity index (χ0n) is 9.83. The molecule has 0 spiro atoms. The van der Waals surface area contributed by atoms with Gasteiger partial charge in [0.15, 0.2) is 11.5 Å². The van der Waals surface area contributed by atoms with Gasteiger partial charge in [0, 0.05) is 13.6 Å². The van der Waals surface area contributed by atoms with Crippen LogP contribution in [0.25, 0.3) is 0 Å². The van der Waals surface area contributed by atoms with E-state index in [1.165, 1.54) is 0 Å². The first kappa shape index (κ1) is 12.5. The second kappa shape index (κ2) is 5.56. The van der Waals surface area contributed by atoms with Crippen LogP contribution in [0, 0.1) is 0 Å². The van der Waals surface area contributed by atoms with Crippen LogP contribution in [-0.4, -0.2) is 28.1 Å². The van der Waals surface area contributed by atoms with E-state index < -0.39 is 0 Å². The number of amides is 1. The van der Waals surface area contributed by atoms with Crippen molar-refractivity contribution in [2.75, 3.05) is 12.5 Å². The highest BCUT2D eigenvalue weighted by Crippen LogP contribution is 2.10. The summed E-state index contributed by atoms with van der Waals surface area (Å²) in [5.41, 5.74) is 3.76. The van der Waals surface area contributed by atoms with Crippen LogP contribution in [0.2, 0.25) is 0 Å². The van der Waals surface area contributed by atoms with E-state index in [-0.39, 0.29) is 5.91 Å². The quantitative estimate of drug-likeness (QED) is 0.637. The average Bonchev–Trinajstić information content (AvgIpc) is 2.91. The van der Waals surface area contributed by atoms with E-state index in [0.29, 0.717) is 18.1 Å². The summed E-state index contributed by atoms with van der Waals surface area (Å²) >= 11 is 1.61. The highest BCUT2D eigenvalue weighted by atomic mass is 32.1. The molecule has 18 heavy (non-hydrogen) atoms. The fourth-order valence-corrected chi connectivity index (χ4v) is 2.11. The molecule has 0 aromatic carbocycles. The molecule has 1 amide bonds. The van der Waals surface area contributed by atoms with Crippen LogP contribution in [0.15, 0.2) is 29.0 Å². The number of nitrogens with zero attached hydrogens (tertiary/aromatic N) is 3. The van der Waals surface area contributed by atoms with E-state index >= 15 is 0 Å². The number of carbonyl (C=O) groups excluding carboxylic acids is 1. The number of nitrogens with one attached hydrogen (secondary N) is 1. The highest BCUT2D eigenvalue weighted by molar-refractivity contribution is 7.07. The summed E-state index contributed by atoms with van der Waals surface area (Å²) in [7, 11) is 1.73. The molecule has 0 fully saturated rings. The summed E-state index contributed by atoms with van der Waals surface area (Å²) in [6.07, 6.45) is 0. The molecule has 0 bridgehead atoms. The lowest BCUT2D eigenvalue weighted by molar-refractivity contribution is 0.0778. The third kappa shape index (κ3) is 2.82. The molecular formula is C11H13N5OS. The van der Waals surface area contributed by atoms with E-state index in [2.05, 4.69) is 15.6 Å². The molecule has 0 unspecified atom stereocenters. The highest BCUT2D eigenvalue weighted by Gasteiger charge is 2.14. The number of nitrogens with two attached hydrogens (primary N) is 1. The minimum absolute atomic E-state index is 0.169. The van der Waals surface area contributed by atoms with Gasteiger partial charge in [0.1, 0.15) is 0 Å². The zero-order valence-corrected chi connectivity index (χ0v) is 10.6. The number of rotatable bonds is 4. The number of hydrogen-bond donors (Lipinski definition) is 2. The Morgan fingerprint density at radius 1 is 1.44 bits per heavy atom. The van der Waals surface area contributed by atoms with Crippen LogP contribution in [-0.2, 0) is 6.54 Å². The van der Waals surface area contributed by atoms with Gasteiger partial charge in [-0.1, -0.05) is 0 Å². The number of anilines is 1. The van der Waals surface area contributed by atoms with Gasteiger partial charge in [0.25, 0.3) is 5.91 Å². The molecule has 2 aromatic heterocycles. The third-order valence-electron chi connectivity index (χ3n) is 2.38. The Labute approximate surface area is 108 Å². The Bertz CT molecular complexity index is 511. The smallest absolute Gasteiger partial charge is 0.274 e. The van der Waals surface area contributed by atoms with Crippen LogP contribution in [0.4, 0.5) is 5.82 Å². The molecule has 2 aromatic rings. The minimum atomic E-state index is -0.169. The average molecular weight is 263 g/mol. The summed E-state index contributed by atoms with van der Waals surface area (Å²) in [6, 6.07) is 5.19. The van der Waals surface area contributed by atoms with Crippen molar-refractivity contribution >= 4 is 23.1 Å². The van der Waals surface area contributed by atoms with Crippen molar-refractivity contribution < 1.29 is 4.79 Å². The maximum atomic E-state index is 12.0. The number of aromatic nitrogens is 2. The topological polar surface area (TPSA) is 84.1 Å². The summed E-state index contributed by atoms with van der Waals surface area (Å²) in [4.78, 5) is 13.6. The van der Waals surface area contributed by atoms with E-state index in [1.54, 1.807) is 35.4 Å². The molecular weight excluding hydrogens is 250 g/mol. The number of thiophene rings is 1. The first-order chi connectivity index (χ1) is 8.70. The van der Waals surface area contributed by atoms with Crippen molar-refractivity contribution in [3.05, 3.63) is 40.2 Å². The van der Waals surface area contributed by atoms with Crippen molar-refractivity contribution in [2.45, 2.75) is 6.54 Å². The predicted octanol–water partition coefficient (Wildman–Crippen LogP) is 1.10. The standard InChI is InChI=1S/C11H13N5OS/c1-16(6-8-4-5-18-7-8)11(17)9-2-3-10(13-12)15-14-9/h2-5,7H,6,12H2,1H3,(H,13,15). The minimum Gasteiger partial charge on any atom is -0.336 e. The van der Waals surface area contributed by atoms with Crippen molar-refractivity contribution in [2.24, 2.45) is 5.84 Å². The molecule has 6 nitrogen and oxygen atoms in total. The normalized spacial score (nSPS) is 10.1. The summed E-state index contributed by atoms with van der Waals surface area (Å²) < 4.78 is 0. The molecule has 7 heteroatoms. The van der Waals surface area contributed by atoms with Gasteiger partial charge < -0.3 is 10.3 Å². The van der Waals surface area contributed by atoms with Gasteiger partial charge in [-0.05, 0) is 34.5 Å². The Balaban J connectivity index is 2.05. The molecule has 2 heterocycles. The van der Waals surface area contributed by atoms with E-state index in [9.17, 15) is 4.79 Å². The molecule has 2 rings (SSSR count). The van der Waals surface area contributed by atoms with Crippen LogP contribution in [0.1, 0.15) is 16.1 Å². The van der Waals surface area contributed by atoms with Gasteiger partial charge in [-0.3, -0.25) is 4.79 Å². The predicted molar refractivity (Wildman–Crippen MR) is 70.0 cm³/mol. The van der Waals surface area contributed by atoms with Gasteiger partial charge in [-0.15, -0.1) is 10.2 Å². The first-order valence-electron chi connectivity index (χ1n) is 5.27. The molecule has 0 saturated heterocycles. The number of carbonyl (C=O) groups is 1. The summed E-state index contributed by atoms with van der Waals surface area (Å²) in [5.74, 6) is 5.43. The second-order valence-electron chi connectivity index (χ2n) is 3.74. The Kier molecular flexibility index (Phi) is 3.85. The lowest BCUT2D eigenvalue weighted by Gasteiger charge is -2.15. The number of hydrogen-bond acceptors (Lipinski definition) is 6. The van der Waals surface area contributed by atoms with Crippen molar-refractivity contribution in [3.8, 4) is 0 Å². The lowest BCUT2D eigenvalue weighted by atomic mass is 10.3. The fraction of sp³-hybridized carbons (Fsp3) is 0.182. The molecule has 0 aliphatic rings. The summed E-state index contributed by atoms with van der Waals surface area (Å²) in [6.45, 7) is 0.556. The molecule has 0 saturated carbocycles. The van der Waals surface area contributed by atoms with Crippen molar-refractivity contribution in [1.82, 2.24) is 15.1 Å². The number of nitrogen functional groups attached to an aromatic ring is 1. The van der Waals surface area contributed by atoms with Crippen LogP contribution in [0.3, 0.4) is 0 Å². The van der Waals surface area contributed by atoms with Crippen molar-refractivity contribution in [1.29, 1.82) is 0 Å². The molecule has 0 aliphatic heterocycles. The maximum absolute atomic E-state index is 12.0. The van der Waals surface area contributed by atoms with Gasteiger partial charge in [0.05, 0.1) is 0 Å². The monoisotopic (exact) mass is 263 g/mol. The van der Waals surface area contributed by atoms with Gasteiger partial charge in [-0.25, -0.2) is 5.84 Å². The van der Waals surface area contributed by atoms with Crippen molar-refractivity contribution in [3.63, 3.8) is 0 Å². The van der Waals surface area contributed by atoms with Crippen LogP contribution >= 0.6 is 11.3 Å². The Hall–Kier alpha value is -1.99. The van der Waals surface area contributed by atoms with Crippen LogP contribution in [0.5, 0.6) is 0 Å². The molecule has 0 radical (unpaired) electrons. The fourth-order valence-electron chi connectivity index (χ4n) is 1.45. The Morgan fingerprint density at radius 3 is 2.83 bits per heavy atom.